The number of H-pyrrole nitrogens is 1. The van der Waals surface area contributed by atoms with Gasteiger partial charge in [-0.15, -0.1) is 11.8 Å². The SMILES string of the molecule is O=C(CCCCCCCCS[C@@H]1O[C@H](CO)[C@@H](O)[C@H](O)[C@H]1O)NCCc1c[nH]c2ccccc12. The van der Waals surface area contributed by atoms with Crippen LogP contribution >= 0.6 is 11.8 Å². The predicted octanol–water partition coefficient (Wildman–Crippen LogP) is 2.09. The Morgan fingerprint density at radius 3 is 2.53 bits per heavy atom. The zero-order valence-electron chi connectivity index (χ0n) is 19.6. The average Bonchev–Trinajstić information content (AvgIpc) is 3.26. The Labute approximate surface area is 205 Å². The Kier molecular flexibility index (Phi) is 11.2. The highest BCUT2D eigenvalue weighted by atomic mass is 32.2. The third-order valence-corrected chi connectivity index (χ3v) is 7.56. The van der Waals surface area contributed by atoms with Gasteiger partial charge in [-0.05, 0) is 36.6 Å². The van der Waals surface area contributed by atoms with E-state index in [9.17, 15) is 25.2 Å². The maximum absolute atomic E-state index is 12.1. The number of nitrogens with one attached hydrogen (secondary N) is 2. The molecule has 1 aliphatic heterocycles. The van der Waals surface area contributed by atoms with Crippen LogP contribution < -0.4 is 5.32 Å². The Bertz CT molecular complexity index is 876. The zero-order chi connectivity index (χ0) is 24.3. The molecule has 1 amide bonds. The molecule has 1 aliphatic rings. The number of thioether (sulfide) groups is 1. The Balaban J connectivity index is 1.17. The maximum atomic E-state index is 12.1. The van der Waals surface area contributed by atoms with Crippen LogP contribution in [0.5, 0.6) is 0 Å². The summed E-state index contributed by atoms with van der Waals surface area (Å²) in [6.45, 7) is 0.247. The average molecular weight is 495 g/mol. The van der Waals surface area contributed by atoms with Gasteiger partial charge in [-0.3, -0.25) is 4.79 Å². The van der Waals surface area contributed by atoms with E-state index in [1.54, 1.807) is 0 Å². The zero-order valence-corrected chi connectivity index (χ0v) is 20.4. The largest absolute Gasteiger partial charge is 0.394 e. The molecule has 1 saturated heterocycles. The number of aliphatic hydroxyl groups excluding tert-OH is 4. The smallest absolute Gasteiger partial charge is 0.220 e. The second kappa shape index (κ2) is 14.1. The van der Waals surface area contributed by atoms with Gasteiger partial charge in [0.05, 0.1) is 6.61 Å². The number of aromatic amines is 1. The summed E-state index contributed by atoms with van der Waals surface area (Å²) in [5.41, 5.74) is 1.70. The summed E-state index contributed by atoms with van der Waals surface area (Å²) >= 11 is 1.40. The van der Waals surface area contributed by atoms with E-state index in [1.165, 1.54) is 22.7 Å². The van der Waals surface area contributed by atoms with Crippen LogP contribution in [0.1, 0.15) is 50.5 Å². The number of rotatable bonds is 14. The van der Waals surface area contributed by atoms with Crippen LogP contribution in [0.4, 0.5) is 0 Å². The number of para-hydroxylation sites is 1. The van der Waals surface area contributed by atoms with Crippen molar-refractivity contribution in [3.63, 3.8) is 0 Å². The molecule has 1 fully saturated rings. The number of hydrogen-bond acceptors (Lipinski definition) is 7. The molecular weight excluding hydrogens is 456 g/mol. The number of carbonyl (C=O) groups is 1. The van der Waals surface area contributed by atoms with Crippen molar-refractivity contribution in [2.24, 2.45) is 0 Å². The standard InChI is InChI=1S/C25H38N2O6S/c28-16-20-22(30)23(31)24(32)25(33-20)34-14-8-4-2-1-3-5-11-21(29)26-13-12-17-15-27-19-10-7-6-9-18(17)19/h6-7,9-10,15,20,22-25,27-28,30-32H,1-5,8,11-14,16H2,(H,26,29)/t20-,22-,23+,24-,25+/m1/s1. The normalized spacial score (nSPS) is 25.0. The van der Waals surface area contributed by atoms with Crippen molar-refractivity contribution >= 4 is 28.6 Å². The first-order valence-corrected chi connectivity index (χ1v) is 13.3. The lowest BCUT2D eigenvalue weighted by atomic mass is 10.0. The summed E-state index contributed by atoms with van der Waals surface area (Å²) in [7, 11) is 0. The molecule has 0 radical (unpaired) electrons. The monoisotopic (exact) mass is 494 g/mol. The van der Waals surface area contributed by atoms with E-state index in [4.69, 9.17) is 4.74 Å². The molecule has 3 rings (SSSR count). The first-order valence-electron chi connectivity index (χ1n) is 12.2. The van der Waals surface area contributed by atoms with Crippen LogP contribution in [0, 0.1) is 0 Å². The van der Waals surface area contributed by atoms with E-state index in [0.29, 0.717) is 13.0 Å². The van der Waals surface area contributed by atoms with Crippen LogP contribution in [0.25, 0.3) is 10.9 Å². The summed E-state index contributed by atoms with van der Waals surface area (Å²) in [6.07, 6.45) is 4.82. The molecule has 0 aliphatic carbocycles. The minimum Gasteiger partial charge on any atom is -0.394 e. The molecule has 0 unspecified atom stereocenters. The molecule has 34 heavy (non-hydrogen) atoms. The number of benzene rings is 1. The maximum Gasteiger partial charge on any atom is 0.220 e. The van der Waals surface area contributed by atoms with Gasteiger partial charge in [0, 0.05) is 30.1 Å². The molecule has 2 aromatic rings. The fourth-order valence-electron chi connectivity index (χ4n) is 4.26. The van der Waals surface area contributed by atoms with Gasteiger partial charge in [0.1, 0.15) is 29.9 Å². The lowest BCUT2D eigenvalue weighted by Crippen LogP contribution is -2.57. The van der Waals surface area contributed by atoms with Crippen molar-refractivity contribution < 1.29 is 30.0 Å². The molecule has 1 aromatic heterocycles. The minimum absolute atomic E-state index is 0.107. The van der Waals surface area contributed by atoms with E-state index < -0.39 is 36.5 Å². The summed E-state index contributed by atoms with van der Waals surface area (Å²) < 4.78 is 5.49. The number of ether oxygens (including phenoxy) is 1. The lowest BCUT2D eigenvalue weighted by Gasteiger charge is -2.39. The fraction of sp³-hybridized carbons (Fsp3) is 0.640. The number of unbranched alkanes of at least 4 members (excludes halogenated alkanes) is 5. The molecule has 0 spiro atoms. The van der Waals surface area contributed by atoms with Gasteiger partial charge in [-0.2, -0.15) is 0 Å². The summed E-state index contributed by atoms with van der Waals surface area (Å²) in [6, 6.07) is 8.18. The Hall–Kier alpha value is -1.62. The van der Waals surface area contributed by atoms with Gasteiger partial charge < -0.3 is 35.5 Å². The lowest BCUT2D eigenvalue weighted by molar-refractivity contribution is -0.205. The fourth-order valence-corrected chi connectivity index (χ4v) is 5.45. The van der Waals surface area contributed by atoms with Crippen LogP contribution in [0.2, 0.25) is 0 Å². The van der Waals surface area contributed by atoms with Crippen molar-refractivity contribution in [2.75, 3.05) is 18.9 Å². The molecule has 8 nitrogen and oxygen atoms in total. The van der Waals surface area contributed by atoms with Crippen LogP contribution in [-0.4, -0.2) is 80.1 Å². The third-order valence-electron chi connectivity index (χ3n) is 6.32. The highest BCUT2D eigenvalue weighted by Gasteiger charge is 2.43. The van der Waals surface area contributed by atoms with Gasteiger partial charge >= 0.3 is 0 Å². The number of carbonyl (C=O) groups excluding carboxylic acids is 1. The van der Waals surface area contributed by atoms with Crippen molar-refractivity contribution in [3.8, 4) is 0 Å². The number of aromatic nitrogens is 1. The highest BCUT2D eigenvalue weighted by molar-refractivity contribution is 7.99. The van der Waals surface area contributed by atoms with Crippen molar-refractivity contribution in [1.82, 2.24) is 10.3 Å². The number of fused-ring (bicyclic) bond motifs is 1. The van der Waals surface area contributed by atoms with Gasteiger partial charge in [-0.1, -0.05) is 43.9 Å². The quantitative estimate of drug-likeness (QED) is 0.221. The minimum atomic E-state index is -1.31. The van der Waals surface area contributed by atoms with Crippen LogP contribution in [-0.2, 0) is 16.0 Å². The van der Waals surface area contributed by atoms with Crippen LogP contribution in [0.15, 0.2) is 30.5 Å². The van der Waals surface area contributed by atoms with Crippen LogP contribution in [0.3, 0.4) is 0 Å². The molecule has 6 N–H and O–H groups in total. The Morgan fingerprint density at radius 2 is 1.74 bits per heavy atom. The first kappa shape index (κ1) is 27.0. The second-order valence-electron chi connectivity index (χ2n) is 8.90. The van der Waals surface area contributed by atoms with Gasteiger partial charge in [0.15, 0.2) is 0 Å². The Morgan fingerprint density at radius 1 is 1.00 bits per heavy atom. The molecule has 0 bridgehead atoms. The molecule has 9 heteroatoms. The third kappa shape index (κ3) is 7.69. The van der Waals surface area contributed by atoms with Gasteiger partial charge in [0.2, 0.25) is 5.91 Å². The summed E-state index contributed by atoms with van der Waals surface area (Å²) in [4.78, 5) is 15.3. The topological polar surface area (TPSA) is 135 Å². The highest BCUT2D eigenvalue weighted by Crippen LogP contribution is 2.29. The summed E-state index contributed by atoms with van der Waals surface area (Å²) in [5, 5.41) is 43.1. The number of amides is 1. The van der Waals surface area contributed by atoms with E-state index in [2.05, 4.69) is 22.4 Å². The molecule has 190 valence electrons. The molecule has 0 saturated carbocycles. The van der Waals surface area contributed by atoms with E-state index >= 15 is 0 Å². The first-order chi connectivity index (χ1) is 16.5. The van der Waals surface area contributed by atoms with Crippen molar-refractivity contribution in [2.45, 2.75) is 81.2 Å². The van der Waals surface area contributed by atoms with E-state index in [1.807, 2.05) is 18.3 Å². The molecule has 5 atom stereocenters. The van der Waals surface area contributed by atoms with Gasteiger partial charge in [-0.25, -0.2) is 0 Å². The van der Waals surface area contributed by atoms with Crippen molar-refractivity contribution in [1.29, 1.82) is 0 Å². The summed E-state index contributed by atoms with van der Waals surface area (Å²) in [5.74, 6) is 0.873. The molecule has 2 heterocycles. The van der Waals surface area contributed by atoms with E-state index in [-0.39, 0.29) is 5.91 Å². The van der Waals surface area contributed by atoms with Crippen molar-refractivity contribution in [3.05, 3.63) is 36.0 Å². The number of aliphatic hydroxyl groups is 4. The van der Waals surface area contributed by atoms with Gasteiger partial charge in [0.25, 0.3) is 0 Å². The predicted molar refractivity (Wildman–Crippen MR) is 134 cm³/mol. The molecular formula is C25H38N2O6S. The number of hydrogen-bond donors (Lipinski definition) is 6. The van der Waals surface area contributed by atoms with E-state index in [0.717, 1.165) is 56.2 Å². The molecule has 1 aromatic carbocycles. The second-order valence-corrected chi connectivity index (χ2v) is 10.1.